The molecule has 0 unspecified atom stereocenters. The van der Waals surface area contributed by atoms with Gasteiger partial charge in [-0.15, -0.1) is 11.8 Å². The topological polar surface area (TPSA) is 49.4 Å². The van der Waals surface area contributed by atoms with E-state index in [1.165, 1.54) is 23.9 Å². The average molecular weight is 558 g/mol. The summed E-state index contributed by atoms with van der Waals surface area (Å²) in [5, 5.41) is 2.99. The van der Waals surface area contributed by atoms with E-state index in [0.29, 0.717) is 25.3 Å². The van der Waals surface area contributed by atoms with Crippen LogP contribution in [-0.2, 0) is 28.3 Å². The minimum absolute atomic E-state index is 0.107. The molecule has 0 aliphatic heterocycles. The molecule has 0 saturated carbocycles. The van der Waals surface area contributed by atoms with Gasteiger partial charge in [-0.2, -0.15) is 0 Å². The van der Waals surface area contributed by atoms with Crippen molar-refractivity contribution in [1.82, 2.24) is 10.2 Å². The van der Waals surface area contributed by atoms with Crippen molar-refractivity contribution >= 4 is 39.5 Å². The van der Waals surface area contributed by atoms with E-state index in [1.807, 2.05) is 61.5 Å². The van der Waals surface area contributed by atoms with Crippen LogP contribution in [0, 0.1) is 5.82 Å². The van der Waals surface area contributed by atoms with Crippen LogP contribution in [0.5, 0.6) is 0 Å². The summed E-state index contributed by atoms with van der Waals surface area (Å²) in [6, 6.07) is 23.2. The first-order chi connectivity index (χ1) is 17.0. The second-order valence-corrected chi connectivity index (χ2v) is 10.2. The maximum Gasteiger partial charge on any atom is 0.243 e. The fourth-order valence-corrected chi connectivity index (χ4v) is 4.99. The molecule has 3 aromatic rings. The third-order valence-electron chi connectivity index (χ3n) is 5.47. The lowest BCUT2D eigenvalue weighted by molar-refractivity contribution is -0.139. The van der Waals surface area contributed by atoms with Crippen LogP contribution in [-0.4, -0.2) is 35.1 Å². The Labute approximate surface area is 219 Å². The third kappa shape index (κ3) is 8.82. The Bertz CT molecular complexity index is 1100. The van der Waals surface area contributed by atoms with Crippen LogP contribution >= 0.6 is 27.7 Å². The summed E-state index contributed by atoms with van der Waals surface area (Å²) in [5.41, 5.74) is 2.89. The van der Waals surface area contributed by atoms with Crippen LogP contribution < -0.4 is 5.32 Å². The Morgan fingerprint density at radius 1 is 0.971 bits per heavy atom. The fraction of sp³-hybridized carbons (Fsp3) is 0.286. The number of hydrogen-bond donors (Lipinski definition) is 1. The van der Waals surface area contributed by atoms with Crippen LogP contribution in [0.3, 0.4) is 0 Å². The van der Waals surface area contributed by atoms with E-state index >= 15 is 0 Å². The van der Waals surface area contributed by atoms with Gasteiger partial charge in [0, 0.05) is 29.7 Å². The molecule has 4 nitrogen and oxygen atoms in total. The molecule has 3 rings (SSSR count). The van der Waals surface area contributed by atoms with Crippen LogP contribution in [0.4, 0.5) is 4.39 Å². The molecular formula is C28H30BrFN2O2S. The standard InChI is InChI=1S/C28H30BrFN2O2S/c1-2-15-31-28(34)26(17-21-7-4-3-5-8-21)32(18-23-9-6-10-24(29)16-23)27(33)20-35-19-22-11-13-25(30)14-12-22/h3-14,16,26H,2,15,17-20H2,1H3,(H,31,34)/t26-/m0/s1. The molecule has 0 fully saturated rings. The maximum atomic E-state index is 13.5. The number of carbonyl (C=O) groups is 2. The Hall–Kier alpha value is -2.64. The lowest BCUT2D eigenvalue weighted by Gasteiger charge is -2.31. The second kappa shape index (κ2) is 14.0. The Morgan fingerprint density at radius 3 is 2.37 bits per heavy atom. The number of halogens is 2. The first-order valence-electron chi connectivity index (χ1n) is 11.6. The van der Waals surface area contributed by atoms with Crippen molar-refractivity contribution in [2.24, 2.45) is 0 Å². The highest BCUT2D eigenvalue weighted by molar-refractivity contribution is 9.10. The van der Waals surface area contributed by atoms with E-state index in [-0.39, 0.29) is 23.4 Å². The molecule has 1 N–H and O–H groups in total. The van der Waals surface area contributed by atoms with E-state index in [1.54, 1.807) is 17.0 Å². The summed E-state index contributed by atoms with van der Waals surface area (Å²) in [5.74, 6) is 0.268. The lowest BCUT2D eigenvalue weighted by atomic mass is 10.0. The highest BCUT2D eigenvalue weighted by Crippen LogP contribution is 2.20. The van der Waals surface area contributed by atoms with E-state index in [4.69, 9.17) is 0 Å². The Balaban J connectivity index is 1.82. The van der Waals surface area contributed by atoms with Crippen molar-refractivity contribution < 1.29 is 14.0 Å². The average Bonchev–Trinajstić information content (AvgIpc) is 2.86. The SMILES string of the molecule is CCCNC(=O)[C@H](Cc1ccccc1)N(Cc1cccc(Br)c1)C(=O)CSCc1ccc(F)cc1. The molecule has 0 saturated heterocycles. The normalized spacial score (nSPS) is 11.6. The zero-order chi connectivity index (χ0) is 25.0. The molecule has 184 valence electrons. The summed E-state index contributed by atoms with van der Waals surface area (Å²) < 4.78 is 14.1. The van der Waals surface area contributed by atoms with Crippen molar-refractivity contribution in [3.8, 4) is 0 Å². The van der Waals surface area contributed by atoms with Gasteiger partial charge in [0.1, 0.15) is 11.9 Å². The van der Waals surface area contributed by atoms with Crippen molar-refractivity contribution in [3.63, 3.8) is 0 Å². The maximum absolute atomic E-state index is 13.5. The Morgan fingerprint density at radius 2 is 1.69 bits per heavy atom. The summed E-state index contributed by atoms with van der Waals surface area (Å²) in [6.07, 6.45) is 1.25. The molecule has 3 aromatic carbocycles. The second-order valence-electron chi connectivity index (χ2n) is 8.27. The quantitative estimate of drug-likeness (QED) is 0.298. The molecule has 1 atom stereocenters. The van der Waals surface area contributed by atoms with Crippen LogP contribution in [0.15, 0.2) is 83.3 Å². The van der Waals surface area contributed by atoms with Gasteiger partial charge in [0.05, 0.1) is 5.75 Å². The molecule has 7 heteroatoms. The van der Waals surface area contributed by atoms with Crippen LogP contribution in [0.25, 0.3) is 0 Å². The molecule has 0 radical (unpaired) electrons. The van der Waals surface area contributed by atoms with Gasteiger partial charge in [0.2, 0.25) is 11.8 Å². The largest absolute Gasteiger partial charge is 0.354 e. The fourth-order valence-electron chi connectivity index (χ4n) is 3.67. The van der Waals surface area contributed by atoms with E-state index in [2.05, 4.69) is 21.2 Å². The van der Waals surface area contributed by atoms with Gasteiger partial charge in [-0.05, 0) is 47.4 Å². The molecular weight excluding hydrogens is 527 g/mol. The van der Waals surface area contributed by atoms with Crippen molar-refractivity contribution in [3.05, 3.63) is 106 Å². The molecule has 0 bridgehead atoms. The number of nitrogens with one attached hydrogen (secondary N) is 1. The van der Waals surface area contributed by atoms with Gasteiger partial charge in [-0.1, -0.05) is 77.5 Å². The van der Waals surface area contributed by atoms with Crippen LogP contribution in [0.1, 0.15) is 30.0 Å². The number of thioether (sulfide) groups is 1. The number of carbonyl (C=O) groups excluding carboxylic acids is 2. The van der Waals surface area contributed by atoms with Gasteiger partial charge in [0.25, 0.3) is 0 Å². The molecule has 0 aliphatic rings. The van der Waals surface area contributed by atoms with Gasteiger partial charge >= 0.3 is 0 Å². The molecule has 0 aliphatic carbocycles. The zero-order valence-electron chi connectivity index (χ0n) is 19.8. The minimum Gasteiger partial charge on any atom is -0.354 e. The highest BCUT2D eigenvalue weighted by Gasteiger charge is 2.30. The van der Waals surface area contributed by atoms with Crippen molar-refractivity contribution in [2.75, 3.05) is 12.3 Å². The summed E-state index contributed by atoms with van der Waals surface area (Å²) >= 11 is 4.96. The minimum atomic E-state index is -0.637. The summed E-state index contributed by atoms with van der Waals surface area (Å²) in [6.45, 7) is 2.89. The number of benzene rings is 3. The monoisotopic (exact) mass is 556 g/mol. The van der Waals surface area contributed by atoms with E-state index < -0.39 is 6.04 Å². The molecule has 0 spiro atoms. The van der Waals surface area contributed by atoms with Crippen molar-refractivity contribution in [2.45, 2.75) is 38.1 Å². The van der Waals surface area contributed by atoms with Crippen LogP contribution in [0.2, 0.25) is 0 Å². The van der Waals surface area contributed by atoms with Gasteiger partial charge < -0.3 is 10.2 Å². The number of rotatable bonds is 12. The predicted octanol–water partition coefficient (Wildman–Crippen LogP) is 5.99. The molecule has 2 amide bonds. The van der Waals surface area contributed by atoms with Gasteiger partial charge in [-0.3, -0.25) is 9.59 Å². The summed E-state index contributed by atoms with van der Waals surface area (Å²) in [7, 11) is 0. The Kier molecular flexibility index (Phi) is 10.8. The van der Waals surface area contributed by atoms with Crippen molar-refractivity contribution in [1.29, 1.82) is 0 Å². The highest BCUT2D eigenvalue weighted by atomic mass is 79.9. The number of hydrogen-bond acceptors (Lipinski definition) is 3. The lowest BCUT2D eigenvalue weighted by Crippen LogP contribution is -2.51. The zero-order valence-corrected chi connectivity index (χ0v) is 22.2. The van der Waals surface area contributed by atoms with Gasteiger partial charge in [-0.25, -0.2) is 4.39 Å². The summed E-state index contributed by atoms with van der Waals surface area (Å²) in [4.78, 5) is 28.5. The van der Waals surface area contributed by atoms with E-state index in [0.717, 1.165) is 27.6 Å². The molecule has 0 aromatic heterocycles. The van der Waals surface area contributed by atoms with E-state index in [9.17, 15) is 14.0 Å². The molecule has 0 heterocycles. The first kappa shape index (κ1) is 27.0. The molecule has 35 heavy (non-hydrogen) atoms. The van der Waals surface area contributed by atoms with Gasteiger partial charge in [0.15, 0.2) is 0 Å². The third-order valence-corrected chi connectivity index (χ3v) is 6.95. The number of nitrogens with zero attached hydrogens (tertiary/aromatic N) is 1. The first-order valence-corrected chi connectivity index (χ1v) is 13.6. The number of amides is 2. The smallest absolute Gasteiger partial charge is 0.243 e. The predicted molar refractivity (Wildman–Crippen MR) is 144 cm³/mol.